The molecule has 1 fully saturated rings. The van der Waals surface area contributed by atoms with Crippen LogP contribution in [0.4, 0.5) is 11.6 Å². The normalized spacial score (nSPS) is 15.9. The van der Waals surface area contributed by atoms with E-state index in [2.05, 4.69) is 21.3 Å². The minimum Gasteiger partial charge on any atom is -0.496 e. The van der Waals surface area contributed by atoms with E-state index in [0.29, 0.717) is 24.2 Å². The number of likely N-dealkylation sites (tertiary alicyclic amines) is 1. The van der Waals surface area contributed by atoms with Crippen LogP contribution in [-0.4, -0.2) is 59.3 Å². The molecule has 9 heteroatoms. The molecule has 1 saturated heterocycles. The largest absolute Gasteiger partial charge is 0.496 e. The van der Waals surface area contributed by atoms with Crippen LogP contribution in [0.3, 0.4) is 0 Å². The zero-order valence-electron chi connectivity index (χ0n) is 19.8. The number of carbonyl (C=O) groups excluding carboxylic acids is 1. The summed E-state index contributed by atoms with van der Waals surface area (Å²) in [6.07, 6.45) is 2.75. The Morgan fingerprint density at radius 2 is 1.94 bits per heavy atom. The fourth-order valence-corrected chi connectivity index (χ4v) is 4.67. The number of carbonyl (C=O) groups is 1. The van der Waals surface area contributed by atoms with Crippen molar-refractivity contribution >= 4 is 23.1 Å². The van der Waals surface area contributed by atoms with Gasteiger partial charge in [-0.2, -0.15) is 0 Å². The topological polar surface area (TPSA) is 107 Å². The summed E-state index contributed by atoms with van der Waals surface area (Å²) in [5.74, 6) is 1.96. The van der Waals surface area contributed by atoms with Crippen molar-refractivity contribution in [3.63, 3.8) is 0 Å². The highest BCUT2D eigenvalue weighted by Crippen LogP contribution is 2.35. The zero-order valence-corrected chi connectivity index (χ0v) is 19.8. The van der Waals surface area contributed by atoms with Crippen molar-refractivity contribution in [3.05, 3.63) is 66.4 Å². The number of benzene rings is 2. The number of anilines is 2. The maximum absolute atomic E-state index is 11.2. The number of nitrogens with zero attached hydrogens (tertiary/aromatic N) is 4. The molecule has 3 N–H and O–H groups in total. The van der Waals surface area contributed by atoms with Crippen LogP contribution in [0.5, 0.6) is 11.5 Å². The van der Waals surface area contributed by atoms with Crippen molar-refractivity contribution in [1.82, 2.24) is 19.5 Å². The monoisotopic (exact) mass is 472 g/mol. The number of hydrogen-bond donors (Lipinski definition) is 2. The second kappa shape index (κ2) is 9.63. The molecule has 3 heterocycles. The van der Waals surface area contributed by atoms with Crippen molar-refractivity contribution in [1.29, 1.82) is 0 Å². The lowest BCUT2D eigenvalue weighted by Gasteiger charge is -2.16. The van der Waals surface area contributed by atoms with E-state index in [1.807, 2.05) is 53.0 Å². The number of rotatable bonds is 8. The second-order valence-electron chi connectivity index (χ2n) is 8.61. The van der Waals surface area contributed by atoms with E-state index in [0.717, 1.165) is 47.7 Å². The van der Waals surface area contributed by atoms with Gasteiger partial charge in [0.05, 0.1) is 43.9 Å². The first-order valence-electron chi connectivity index (χ1n) is 11.5. The fraction of sp³-hybridized carbons (Fsp3) is 0.269. The summed E-state index contributed by atoms with van der Waals surface area (Å²) in [7, 11) is 3.31. The molecule has 2 aromatic carbocycles. The molecule has 0 bridgehead atoms. The molecule has 4 aromatic rings. The lowest BCUT2D eigenvalue weighted by Crippen LogP contribution is -2.31. The Balaban J connectivity index is 1.40. The molecule has 35 heavy (non-hydrogen) atoms. The van der Waals surface area contributed by atoms with Crippen molar-refractivity contribution in [2.24, 2.45) is 5.73 Å². The molecule has 9 nitrogen and oxygen atoms in total. The third-order valence-electron chi connectivity index (χ3n) is 6.38. The van der Waals surface area contributed by atoms with Gasteiger partial charge in [-0.05, 0) is 60.8 Å². The molecule has 1 aliphatic heterocycles. The number of fused-ring (bicyclic) bond motifs is 1. The van der Waals surface area contributed by atoms with Gasteiger partial charge in [-0.25, -0.2) is 9.50 Å². The average molecular weight is 473 g/mol. The summed E-state index contributed by atoms with van der Waals surface area (Å²) < 4.78 is 13.1. The van der Waals surface area contributed by atoms with Gasteiger partial charge in [0.1, 0.15) is 11.5 Å². The van der Waals surface area contributed by atoms with Crippen molar-refractivity contribution < 1.29 is 14.3 Å². The van der Waals surface area contributed by atoms with Gasteiger partial charge in [0.2, 0.25) is 11.9 Å². The highest BCUT2D eigenvalue weighted by Gasteiger charge is 2.25. The first-order valence-corrected chi connectivity index (χ1v) is 11.5. The van der Waals surface area contributed by atoms with Crippen LogP contribution in [0.2, 0.25) is 0 Å². The van der Waals surface area contributed by atoms with E-state index in [1.54, 1.807) is 20.4 Å². The molecule has 0 saturated carbocycles. The Labute approximate surface area is 203 Å². The predicted octanol–water partition coefficient (Wildman–Crippen LogP) is 3.43. The van der Waals surface area contributed by atoms with Crippen LogP contribution >= 0.6 is 0 Å². The van der Waals surface area contributed by atoms with Crippen molar-refractivity contribution in [2.45, 2.75) is 12.3 Å². The Bertz CT molecular complexity index is 1370. The standard InChI is InChI=1S/C26H28N6O3/c1-34-23-6-4-3-5-20(23)22-10-8-19-14-28-26(30-32(19)22)29-21-9-7-17(13-24(21)35-2)18-11-12-31(15-18)16-25(27)33/h3-10,13-14,18H,11-12,15-16H2,1-2H3,(H2,27,33)(H,29,30). The van der Waals surface area contributed by atoms with Crippen LogP contribution in [0.25, 0.3) is 16.8 Å². The number of nitrogens with two attached hydrogens (primary N) is 1. The molecule has 1 atom stereocenters. The maximum Gasteiger partial charge on any atom is 0.245 e. The van der Waals surface area contributed by atoms with Gasteiger partial charge in [0.15, 0.2) is 0 Å². The Kier molecular flexibility index (Phi) is 6.24. The summed E-state index contributed by atoms with van der Waals surface area (Å²) >= 11 is 0. The Morgan fingerprint density at radius 1 is 1.11 bits per heavy atom. The van der Waals surface area contributed by atoms with Gasteiger partial charge in [-0.15, -0.1) is 5.10 Å². The van der Waals surface area contributed by atoms with Crippen LogP contribution in [0.1, 0.15) is 17.9 Å². The lowest BCUT2D eigenvalue weighted by atomic mass is 9.98. The Hall–Kier alpha value is -4.11. The van der Waals surface area contributed by atoms with E-state index in [1.165, 1.54) is 5.56 Å². The lowest BCUT2D eigenvalue weighted by molar-refractivity contribution is -0.118. The van der Waals surface area contributed by atoms with Crippen molar-refractivity contribution in [3.8, 4) is 22.8 Å². The molecular weight excluding hydrogens is 444 g/mol. The third kappa shape index (κ3) is 4.63. The van der Waals surface area contributed by atoms with Crippen LogP contribution in [0.15, 0.2) is 60.8 Å². The summed E-state index contributed by atoms with van der Waals surface area (Å²) in [5.41, 5.74) is 10.0. The van der Waals surface area contributed by atoms with Crippen LogP contribution in [0, 0.1) is 0 Å². The van der Waals surface area contributed by atoms with Gasteiger partial charge < -0.3 is 20.5 Å². The van der Waals surface area contributed by atoms with E-state index in [4.69, 9.17) is 20.3 Å². The minimum atomic E-state index is -0.295. The molecule has 2 aromatic heterocycles. The smallest absolute Gasteiger partial charge is 0.245 e. The van der Waals surface area contributed by atoms with Gasteiger partial charge in [0.25, 0.3) is 0 Å². The van der Waals surface area contributed by atoms with Gasteiger partial charge in [-0.3, -0.25) is 9.69 Å². The quantitative estimate of drug-likeness (QED) is 0.405. The SMILES string of the molecule is COc1cc(C2CCN(CC(N)=O)C2)ccc1Nc1ncc2ccc(-c3ccccc3OC)n2n1. The second-order valence-corrected chi connectivity index (χ2v) is 8.61. The average Bonchev–Trinajstić information content (AvgIpc) is 3.50. The summed E-state index contributed by atoms with van der Waals surface area (Å²) in [6.45, 7) is 1.95. The number of methoxy groups -OCH3 is 2. The summed E-state index contributed by atoms with van der Waals surface area (Å²) in [4.78, 5) is 17.8. The molecule has 1 unspecified atom stereocenters. The van der Waals surface area contributed by atoms with E-state index in [9.17, 15) is 4.79 Å². The number of hydrogen-bond acceptors (Lipinski definition) is 7. The van der Waals surface area contributed by atoms with Crippen LogP contribution in [-0.2, 0) is 4.79 Å². The van der Waals surface area contributed by atoms with E-state index < -0.39 is 0 Å². The molecule has 0 spiro atoms. The molecule has 180 valence electrons. The van der Waals surface area contributed by atoms with Crippen molar-refractivity contribution in [2.75, 3.05) is 39.2 Å². The molecule has 0 aliphatic carbocycles. The highest BCUT2D eigenvalue weighted by molar-refractivity contribution is 5.76. The van der Waals surface area contributed by atoms with Crippen LogP contribution < -0.4 is 20.5 Å². The van der Waals surface area contributed by atoms with Gasteiger partial charge in [0, 0.05) is 12.1 Å². The first kappa shape index (κ1) is 22.7. The number of aromatic nitrogens is 3. The minimum absolute atomic E-state index is 0.295. The third-order valence-corrected chi connectivity index (χ3v) is 6.38. The van der Waals surface area contributed by atoms with Gasteiger partial charge >= 0.3 is 0 Å². The van der Waals surface area contributed by atoms with Gasteiger partial charge in [-0.1, -0.05) is 18.2 Å². The fourth-order valence-electron chi connectivity index (χ4n) is 4.67. The maximum atomic E-state index is 11.2. The zero-order chi connectivity index (χ0) is 24.4. The number of amides is 1. The number of primary amides is 1. The molecule has 5 rings (SSSR count). The molecular formula is C26H28N6O3. The number of para-hydroxylation sites is 1. The number of ether oxygens (including phenoxy) is 2. The molecule has 1 amide bonds. The highest BCUT2D eigenvalue weighted by atomic mass is 16.5. The Morgan fingerprint density at radius 3 is 2.74 bits per heavy atom. The predicted molar refractivity (Wildman–Crippen MR) is 134 cm³/mol. The molecule has 1 aliphatic rings. The first-order chi connectivity index (χ1) is 17.1. The summed E-state index contributed by atoms with van der Waals surface area (Å²) in [6, 6.07) is 17.9. The summed E-state index contributed by atoms with van der Waals surface area (Å²) in [5, 5.41) is 8.02. The molecule has 0 radical (unpaired) electrons. The van der Waals surface area contributed by atoms with E-state index in [-0.39, 0.29) is 5.91 Å². The van der Waals surface area contributed by atoms with E-state index >= 15 is 0 Å². The number of nitrogens with one attached hydrogen (secondary N) is 1.